The first-order chi connectivity index (χ1) is 9.67. The van der Waals surface area contributed by atoms with Crippen LogP contribution in [0, 0.1) is 5.92 Å². The Bertz CT molecular complexity index is 582. The van der Waals surface area contributed by atoms with Gasteiger partial charge in [0.1, 0.15) is 0 Å². The largest absolute Gasteiger partial charge is 0.351 e. The highest BCUT2D eigenvalue weighted by molar-refractivity contribution is 6.35. The molecule has 2 amide bonds. The van der Waals surface area contributed by atoms with Crippen molar-refractivity contribution in [2.45, 2.75) is 32.7 Å². The van der Waals surface area contributed by atoms with Crippen molar-refractivity contribution in [3.63, 3.8) is 0 Å². The molecule has 1 saturated heterocycles. The lowest BCUT2D eigenvalue weighted by Gasteiger charge is -2.23. The fraction of sp³-hybridized carbons (Fsp3) is 0.467. The predicted octanol–water partition coefficient (Wildman–Crippen LogP) is 3.26. The first-order valence-electron chi connectivity index (χ1n) is 6.75. The monoisotopic (exact) mass is 328 g/mol. The van der Waals surface area contributed by atoms with E-state index in [0.29, 0.717) is 22.3 Å². The summed E-state index contributed by atoms with van der Waals surface area (Å²) in [6.07, 6.45) is 0.185. The lowest BCUT2D eigenvalue weighted by atomic mass is 10.0. The van der Waals surface area contributed by atoms with Crippen molar-refractivity contribution in [3.05, 3.63) is 28.2 Å². The van der Waals surface area contributed by atoms with Gasteiger partial charge in [-0.3, -0.25) is 9.59 Å². The van der Waals surface area contributed by atoms with E-state index in [1.54, 1.807) is 18.2 Å². The molecule has 1 N–H and O–H groups in total. The molecule has 0 aromatic heterocycles. The molecule has 0 aliphatic carbocycles. The molecule has 6 heteroatoms. The van der Waals surface area contributed by atoms with Gasteiger partial charge in [0.15, 0.2) is 0 Å². The van der Waals surface area contributed by atoms with Crippen LogP contribution in [0.5, 0.6) is 0 Å². The lowest BCUT2D eigenvalue weighted by molar-refractivity contribution is -0.127. The van der Waals surface area contributed by atoms with Gasteiger partial charge < -0.3 is 10.2 Å². The molecule has 1 aliphatic heterocycles. The summed E-state index contributed by atoms with van der Waals surface area (Å²) < 4.78 is 0. The zero-order valence-corrected chi connectivity index (χ0v) is 13.8. The number of rotatable bonds is 2. The number of carbonyl (C=O) groups excluding carboxylic acids is 2. The van der Waals surface area contributed by atoms with Crippen LogP contribution in [0.15, 0.2) is 18.2 Å². The Hall–Kier alpha value is -1.26. The fourth-order valence-corrected chi connectivity index (χ4v) is 2.67. The van der Waals surface area contributed by atoms with Gasteiger partial charge >= 0.3 is 0 Å². The molecule has 114 valence electrons. The van der Waals surface area contributed by atoms with Crippen LogP contribution in [0.25, 0.3) is 0 Å². The van der Waals surface area contributed by atoms with E-state index in [4.69, 9.17) is 23.2 Å². The van der Waals surface area contributed by atoms with Crippen molar-refractivity contribution in [2.24, 2.45) is 5.92 Å². The highest BCUT2D eigenvalue weighted by Crippen LogP contribution is 2.33. The van der Waals surface area contributed by atoms with Crippen molar-refractivity contribution in [1.29, 1.82) is 0 Å². The fourth-order valence-electron chi connectivity index (χ4n) is 2.28. The molecule has 0 bridgehead atoms. The molecule has 0 radical (unpaired) electrons. The SMILES string of the molecule is CC(C)(C)NC(=O)C1CC(=O)N(c2cc(Cl)ccc2Cl)C1. The minimum atomic E-state index is -0.369. The summed E-state index contributed by atoms with van der Waals surface area (Å²) in [6.45, 7) is 6.05. The number of halogens is 2. The van der Waals surface area contributed by atoms with E-state index >= 15 is 0 Å². The number of amides is 2. The molecular weight excluding hydrogens is 311 g/mol. The molecule has 1 unspecified atom stereocenters. The van der Waals surface area contributed by atoms with Crippen LogP contribution < -0.4 is 10.2 Å². The van der Waals surface area contributed by atoms with E-state index < -0.39 is 0 Å². The van der Waals surface area contributed by atoms with Crippen LogP contribution in [0.2, 0.25) is 10.0 Å². The summed E-state index contributed by atoms with van der Waals surface area (Å²) in [7, 11) is 0. The van der Waals surface area contributed by atoms with E-state index in [0.717, 1.165) is 0 Å². The molecule has 2 rings (SSSR count). The summed E-state index contributed by atoms with van der Waals surface area (Å²) in [5.41, 5.74) is 0.238. The molecular formula is C15H18Cl2N2O2. The van der Waals surface area contributed by atoms with Gasteiger partial charge in [-0.1, -0.05) is 23.2 Å². The van der Waals surface area contributed by atoms with Crippen LogP contribution in [0.1, 0.15) is 27.2 Å². The summed E-state index contributed by atoms with van der Waals surface area (Å²) in [5, 5.41) is 3.86. The van der Waals surface area contributed by atoms with Crippen molar-refractivity contribution in [2.75, 3.05) is 11.4 Å². The number of hydrogen-bond acceptors (Lipinski definition) is 2. The van der Waals surface area contributed by atoms with E-state index in [9.17, 15) is 9.59 Å². The smallest absolute Gasteiger partial charge is 0.227 e. The second kappa shape index (κ2) is 5.85. The highest BCUT2D eigenvalue weighted by Gasteiger charge is 2.36. The molecule has 4 nitrogen and oxygen atoms in total. The summed E-state index contributed by atoms with van der Waals surface area (Å²) >= 11 is 12.1. The predicted molar refractivity (Wildman–Crippen MR) is 84.8 cm³/mol. The van der Waals surface area contributed by atoms with Gasteiger partial charge in [0.05, 0.1) is 16.6 Å². The van der Waals surface area contributed by atoms with Gasteiger partial charge in [0.25, 0.3) is 0 Å². The van der Waals surface area contributed by atoms with Crippen molar-refractivity contribution >= 4 is 40.7 Å². The summed E-state index contributed by atoms with van der Waals surface area (Å²) in [5.74, 6) is -0.600. The minimum Gasteiger partial charge on any atom is -0.351 e. The standard InChI is InChI=1S/C15H18Cl2N2O2/c1-15(2,3)18-14(21)9-6-13(20)19(8-9)12-7-10(16)4-5-11(12)17/h4-5,7,9H,6,8H2,1-3H3,(H,18,21). The Balaban J connectivity index is 2.16. The zero-order valence-electron chi connectivity index (χ0n) is 12.2. The molecule has 0 saturated carbocycles. The molecule has 1 aromatic carbocycles. The van der Waals surface area contributed by atoms with Crippen LogP contribution in [-0.4, -0.2) is 23.9 Å². The van der Waals surface area contributed by atoms with Gasteiger partial charge in [-0.25, -0.2) is 0 Å². The third-order valence-corrected chi connectivity index (χ3v) is 3.75. The number of benzene rings is 1. The number of carbonyl (C=O) groups is 2. The molecule has 1 aliphatic rings. The van der Waals surface area contributed by atoms with Gasteiger partial charge in [0, 0.05) is 23.5 Å². The van der Waals surface area contributed by atoms with E-state index in [-0.39, 0.29) is 29.7 Å². The first-order valence-corrected chi connectivity index (χ1v) is 7.50. The summed E-state index contributed by atoms with van der Waals surface area (Å²) in [4.78, 5) is 25.9. The Labute approximate surface area is 134 Å². The highest BCUT2D eigenvalue weighted by atomic mass is 35.5. The Morgan fingerprint density at radius 3 is 2.62 bits per heavy atom. The maximum atomic E-state index is 12.2. The van der Waals surface area contributed by atoms with E-state index in [2.05, 4.69) is 5.32 Å². The normalized spacial score (nSPS) is 19.0. The second-order valence-corrected chi connectivity index (χ2v) is 7.08. The van der Waals surface area contributed by atoms with Crippen LogP contribution >= 0.6 is 23.2 Å². The Kier molecular flexibility index (Phi) is 4.49. The summed E-state index contributed by atoms with van der Waals surface area (Å²) in [6, 6.07) is 4.96. The van der Waals surface area contributed by atoms with Crippen LogP contribution in [0.4, 0.5) is 5.69 Å². The van der Waals surface area contributed by atoms with Gasteiger partial charge in [0.2, 0.25) is 11.8 Å². The average Bonchev–Trinajstić information content (AvgIpc) is 2.72. The van der Waals surface area contributed by atoms with Gasteiger partial charge in [-0.05, 0) is 39.0 Å². The number of hydrogen-bond donors (Lipinski definition) is 1. The first kappa shape index (κ1) is 16.1. The number of anilines is 1. The van der Waals surface area contributed by atoms with Crippen molar-refractivity contribution in [1.82, 2.24) is 5.32 Å². The third kappa shape index (κ3) is 3.89. The van der Waals surface area contributed by atoms with Crippen molar-refractivity contribution in [3.8, 4) is 0 Å². The minimum absolute atomic E-state index is 0.114. The zero-order chi connectivity index (χ0) is 15.8. The molecule has 1 heterocycles. The molecule has 1 atom stereocenters. The maximum Gasteiger partial charge on any atom is 0.227 e. The van der Waals surface area contributed by atoms with Crippen LogP contribution in [0.3, 0.4) is 0 Å². The molecule has 0 spiro atoms. The molecule has 21 heavy (non-hydrogen) atoms. The Morgan fingerprint density at radius 2 is 2.00 bits per heavy atom. The van der Waals surface area contributed by atoms with Crippen LogP contribution in [-0.2, 0) is 9.59 Å². The Morgan fingerprint density at radius 1 is 1.33 bits per heavy atom. The van der Waals surface area contributed by atoms with Gasteiger partial charge in [-0.15, -0.1) is 0 Å². The molecule has 1 fully saturated rings. The third-order valence-electron chi connectivity index (χ3n) is 3.19. The van der Waals surface area contributed by atoms with E-state index in [1.165, 1.54) is 4.90 Å². The topological polar surface area (TPSA) is 49.4 Å². The number of nitrogens with zero attached hydrogens (tertiary/aromatic N) is 1. The lowest BCUT2D eigenvalue weighted by Crippen LogP contribution is -2.44. The quantitative estimate of drug-likeness (QED) is 0.905. The number of nitrogens with one attached hydrogen (secondary N) is 1. The second-order valence-electron chi connectivity index (χ2n) is 6.24. The van der Waals surface area contributed by atoms with Crippen molar-refractivity contribution < 1.29 is 9.59 Å². The average molecular weight is 329 g/mol. The molecule has 1 aromatic rings. The van der Waals surface area contributed by atoms with Gasteiger partial charge in [-0.2, -0.15) is 0 Å². The maximum absolute atomic E-state index is 12.2. The van der Waals surface area contributed by atoms with E-state index in [1.807, 2.05) is 20.8 Å².